The number of nitrogens with zero attached hydrogens (tertiary/aromatic N) is 1. The van der Waals surface area contributed by atoms with Crippen LogP contribution in [0.5, 0.6) is 5.75 Å². The Hall–Kier alpha value is -0.550. The summed E-state index contributed by atoms with van der Waals surface area (Å²) in [6.45, 7) is 7.59. The maximum Gasteiger partial charge on any atom is 0.136 e. The average molecular weight is 332 g/mol. The monoisotopic (exact) mass is 330 g/mol. The highest BCUT2D eigenvalue weighted by Gasteiger charge is 2.25. The number of piperazine rings is 1. The minimum absolute atomic E-state index is 0.0582. The molecule has 1 atom stereocenters. The van der Waals surface area contributed by atoms with Crippen LogP contribution in [0.4, 0.5) is 0 Å². The van der Waals surface area contributed by atoms with Gasteiger partial charge in [-0.25, -0.2) is 0 Å². The molecule has 0 aromatic heterocycles. The Morgan fingerprint density at radius 1 is 1.44 bits per heavy atom. The summed E-state index contributed by atoms with van der Waals surface area (Å²) in [6, 6.07) is 3.48. The van der Waals surface area contributed by atoms with Gasteiger partial charge in [-0.05, 0) is 28.1 Å². The third-order valence-electron chi connectivity index (χ3n) is 3.18. The van der Waals surface area contributed by atoms with Crippen molar-refractivity contribution in [2.45, 2.75) is 6.04 Å². The molecule has 1 heterocycles. The van der Waals surface area contributed by atoms with Crippen LogP contribution in [-0.2, 0) is 0 Å². The normalized spacial score (nSPS) is 18.6. The zero-order valence-corrected chi connectivity index (χ0v) is 12.3. The van der Waals surface area contributed by atoms with Crippen LogP contribution in [0.15, 0.2) is 29.3 Å². The summed E-state index contributed by atoms with van der Waals surface area (Å²) in [5, 5.41) is 14.1. The highest BCUT2D eigenvalue weighted by Crippen LogP contribution is 2.39. The van der Waals surface area contributed by atoms with Crippen LogP contribution in [0.2, 0.25) is 5.02 Å². The Kier molecular flexibility index (Phi) is 4.67. The Labute approximate surface area is 121 Å². The van der Waals surface area contributed by atoms with Gasteiger partial charge in [-0.2, -0.15) is 0 Å². The van der Waals surface area contributed by atoms with Gasteiger partial charge < -0.3 is 10.4 Å². The minimum Gasteiger partial charge on any atom is -0.506 e. The van der Waals surface area contributed by atoms with Crippen molar-refractivity contribution in [2.24, 2.45) is 0 Å². The van der Waals surface area contributed by atoms with E-state index >= 15 is 0 Å². The van der Waals surface area contributed by atoms with Crippen molar-refractivity contribution in [1.29, 1.82) is 0 Å². The lowest BCUT2D eigenvalue weighted by atomic mass is 10.0. The fourth-order valence-electron chi connectivity index (χ4n) is 2.25. The highest BCUT2D eigenvalue weighted by atomic mass is 79.9. The van der Waals surface area contributed by atoms with Crippen LogP contribution in [-0.4, -0.2) is 36.2 Å². The number of halogens is 2. The van der Waals surface area contributed by atoms with E-state index in [2.05, 4.69) is 32.7 Å². The van der Waals surface area contributed by atoms with E-state index in [1.807, 2.05) is 6.08 Å². The van der Waals surface area contributed by atoms with Crippen molar-refractivity contribution in [1.82, 2.24) is 10.2 Å². The lowest BCUT2D eigenvalue weighted by molar-refractivity contribution is 0.201. The second-order valence-electron chi connectivity index (χ2n) is 4.26. The molecule has 3 nitrogen and oxygen atoms in total. The van der Waals surface area contributed by atoms with Gasteiger partial charge in [0.2, 0.25) is 0 Å². The van der Waals surface area contributed by atoms with E-state index < -0.39 is 0 Å². The SMILES string of the molecule is C=C[C@@H](c1c(Cl)ccc(Br)c1O)N1CCNCC1. The molecule has 0 bridgehead atoms. The van der Waals surface area contributed by atoms with Gasteiger partial charge in [0.05, 0.1) is 10.5 Å². The molecule has 5 heteroatoms. The summed E-state index contributed by atoms with van der Waals surface area (Å²) < 4.78 is 0.656. The molecule has 0 aliphatic carbocycles. The van der Waals surface area contributed by atoms with Gasteiger partial charge in [-0.1, -0.05) is 17.7 Å². The van der Waals surface area contributed by atoms with Crippen molar-refractivity contribution in [2.75, 3.05) is 26.2 Å². The summed E-state index contributed by atoms with van der Waals surface area (Å²) in [7, 11) is 0. The number of rotatable bonds is 3. The third kappa shape index (κ3) is 2.72. The summed E-state index contributed by atoms with van der Waals surface area (Å²) in [6.07, 6.45) is 1.83. The van der Waals surface area contributed by atoms with E-state index in [1.54, 1.807) is 12.1 Å². The van der Waals surface area contributed by atoms with Gasteiger partial charge in [0.15, 0.2) is 0 Å². The fraction of sp³-hybridized carbons (Fsp3) is 0.385. The predicted molar refractivity (Wildman–Crippen MR) is 78.2 cm³/mol. The summed E-state index contributed by atoms with van der Waals surface area (Å²) >= 11 is 9.55. The van der Waals surface area contributed by atoms with E-state index in [9.17, 15) is 5.11 Å². The Bertz CT molecular complexity index is 447. The van der Waals surface area contributed by atoms with Crippen molar-refractivity contribution in [3.05, 3.63) is 39.8 Å². The Morgan fingerprint density at radius 3 is 2.72 bits per heavy atom. The number of aromatic hydroxyl groups is 1. The molecule has 2 N–H and O–H groups in total. The molecule has 0 radical (unpaired) electrons. The zero-order chi connectivity index (χ0) is 13.1. The largest absolute Gasteiger partial charge is 0.506 e. The third-order valence-corrected chi connectivity index (χ3v) is 4.15. The number of nitrogens with one attached hydrogen (secondary N) is 1. The zero-order valence-electron chi connectivity index (χ0n) is 10.00. The first-order chi connectivity index (χ1) is 8.65. The van der Waals surface area contributed by atoms with Crippen LogP contribution < -0.4 is 5.32 Å². The first-order valence-corrected chi connectivity index (χ1v) is 7.06. The van der Waals surface area contributed by atoms with Crippen molar-refractivity contribution in [3.63, 3.8) is 0 Å². The van der Waals surface area contributed by atoms with Crippen molar-refractivity contribution in [3.8, 4) is 5.75 Å². The van der Waals surface area contributed by atoms with Gasteiger partial charge >= 0.3 is 0 Å². The van der Waals surface area contributed by atoms with E-state index in [-0.39, 0.29) is 11.8 Å². The number of hydrogen-bond acceptors (Lipinski definition) is 3. The number of phenols is 1. The molecule has 0 saturated carbocycles. The van der Waals surface area contributed by atoms with Gasteiger partial charge in [0.1, 0.15) is 5.75 Å². The van der Waals surface area contributed by atoms with E-state index in [0.29, 0.717) is 9.50 Å². The molecule has 1 fully saturated rings. The van der Waals surface area contributed by atoms with Crippen LogP contribution in [0.3, 0.4) is 0 Å². The van der Waals surface area contributed by atoms with Crippen LogP contribution >= 0.6 is 27.5 Å². The molecule has 0 amide bonds. The molecular weight excluding hydrogens is 316 g/mol. The molecule has 1 aliphatic rings. The molecule has 1 aromatic carbocycles. The van der Waals surface area contributed by atoms with E-state index in [4.69, 9.17) is 11.6 Å². The lowest BCUT2D eigenvalue weighted by Gasteiger charge is -2.34. The maximum atomic E-state index is 10.2. The van der Waals surface area contributed by atoms with Gasteiger partial charge in [-0.15, -0.1) is 6.58 Å². The average Bonchev–Trinajstić information content (AvgIpc) is 2.40. The Balaban J connectivity index is 2.37. The Morgan fingerprint density at radius 2 is 2.11 bits per heavy atom. The highest BCUT2D eigenvalue weighted by molar-refractivity contribution is 9.10. The number of phenolic OH excluding ortho intramolecular Hbond substituents is 1. The molecule has 1 aromatic rings. The van der Waals surface area contributed by atoms with Gasteiger partial charge in [0, 0.05) is 36.8 Å². The van der Waals surface area contributed by atoms with E-state index in [1.165, 1.54) is 0 Å². The lowest BCUT2D eigenvalue weighted by Crippen LogP contribution is -2.44. The van der Waals surface area contributed by atoms with Crippen molar-refractivity contribution >= 4 is 27.5 Å². The minimum atomic E-state index is -0.0582. The second kappa shape index (κ2) is 6.06. The topological polar surface area (TPSA) is 35.5 Å². The maximum absolute atomic E-state index is 10.2. The fourth-order valence-corrected chi connectivity index (χ4v) is 2.86. The van der Waals surface area contributed by atoms with Crippen molar-refractivity contribution < 1.29 is 5.11 Å². The number of benzene rings is 1. The second-order valence-corrected chi connectivity index (χ2v) is 5.52. The predicted octanol–water partition coefficient (Wildman–Crippen LogP) is 2.94. The van der Waals surface area contributed by atoms with Crippen LogP contribution in [0.1, 0.15) is 11.6 Å². The van der Waals surface area contributed by atoms with Crippen LogP contribution in [0, 0.1) is 0 Å². The number of hydrogen-bond donors (Lipinski definition) is 2. The molecule has 2 rings (SSSR count). The summed E-state index contributed by atoms with van der Waals surface area (Å²) in [4.78, 5) is 2.26. The molecule has 98 valence electrons. The standard InChI is InChI=1S/C13H16BrClN2O/c1-2-11(17-7-5-16-6-8-17)12-10(15)4-3-9(14)13(12)18/h2-4,11,16,18H,1,5-8H2/t11-/m0/s1. The smallest absolute Gasteiger partial charge is 0.136 e. The molecule has 0 spiro atoms. The van der Waals surface area contributed by atoms with Crippen LogP contribution in [0.25, 0.3) is 0 Å². The van der Waals surface area contributed by atoms with Gasteiger partial charge in [0.25, 0.3) is 0 Å². The molecule has 0 unspecified atom stereocenters. The summed E-state index contributed by atoms with van der Waals surface area (Å²) in [5.74, 6) is 0.200. The molecule has 1 aliphatic heterocycles. The first kappa shape index (κ1) is 13.9. The summed E-state index contributed by atoms with van der Waals surface area (Å²) in [5.41, 5.74) is 0.725. The van der Waals surface area contributed by atoms with Gasteiger partial charge in [-0.3, -0.25) is 4.90 Å². The first-order valence-electron chi connectivity index (χ1n) is 5.89. The molecular formula is C13H16BrClN2O. The quantitative estimate of drug-likeness (QED) is 0.836. The molecule has 1 saturated heterocycles. The molecule has 18 heavy (non-hydrogen) atoms. The van der Waals surface area contributed by atoms with E-state index in [0.717, 1.165) is 31.7 Å².